The van der Waals surface area contributed by atoms with Crippen LogP contribution in [0.1, 0.15) is 11.1 Å². The summed E-state index contributed by atoms with van der Waals surface area (Å²) in [6.45, 7) is 0. The van der Waals surface area contributed by atoms with Crippen molar-refractivity contribution in [2.24, 2.45) is 0 Å². The Morgan fingerprint density at radius 1 is 0.727 bits per heavy atom. The number of hydrogen-bond donors (Lipinski definition) is 0. The number of carbonyl (C=O) groups is 1. The van der Waals surface area contributed by atoms with Crippen LogP contribution in [0.5, 0.6) is 34.5 Å². The molecule has 0 saturated heterocycles. The molecule has 178 valence electrons. The van der Waals surface area contributed by atoms with E-state index in [0.29, 0.717) is 45.6 Å². The molecular formula is C24H28O8S. The number of hydrogen-bond acceptors (Lipinski definition) is 8. The molecule has 2 rings (SSSR count). The van der Waals surface area contributed by atoms with E-state index in [1.807, 2.05) is 0 Å². The molecule has 0 spiro atoms. The lowest BCUT2D eigenvalue weighted by molar-refractivity contribution is -0.112. The second-order valence-electron chi connectivity index (χ2n) is 6.54. The predicted molar refractivity (Wildman–Crippen MR) is 128 cm³/mol. The first-order valence-electron chi connectivity index (χ1n) is 9.77. The Labute approximate surface area is 196 Å². The minimum atomic E-state index is -1.51. The third-order valence-electron chi connectivity index (χ3n) is 4.53. The molecule has 2 aromatic rings. The summed E-state index contributed by atoms with van der Waals surface area (Å²) in [5.41, 5.74) is 1.37. The summed E-state index contributed by atoms with van der Waals surface area (Å²) < 4.78 is 44.2. The smallest absolute Gasteiger partial charge is 0.205 e. The Balaban J connectivity index is 2.09. The molecule has 0 saturated carbocycles. The van der Waals surface area contributed by atoms with Gasteiger partial charge in [0.1, 0.15) is 5.41 Å². The van der Waals surface area contributed by atoms with Gasteiger partial charge in [-0.2, -0.15) is 0 Å². The monoisotopic (exact) mass is 476 g/mol. The van der Waals surface area contributed by atoms with E-state index in [0.717, 1.165) is 0 Å². The van der Waals surface area contributed by atoms with Gasteiger partial charge in [-0.25, -0.2) is 0 Å². The predicted octanol–water partition coefficient (Wildman–Crippen LogP) is 3.74. The van der Waals surface area contributed by atoms with E-state index in [4.69, 9.17) is 28.4 Å². The molecule has 8 nitrogen and oxygen atoms in total. The van der Waals surface area contributed by atoms with Crippen LogP contribution in [-0.2, 0) is 16.0 Å². The van der Waals surface area contributed by atoms with E-state index in [-0.39, 0.29) is 11.5 Å². The van der Waals surface area contributed by atoms with Gasteiger partial charge < -0.3 is 33.0 Å². The SMILES string of the molecule is COc1cc(C=C[S+]([O-])CC(=O)/C=C/c2cc(OC)c(OC)c(OC)c2)cc(OC)c1OC. The average Bonchev–Trinajstić information content (AvgIpc) is 2.84. The van der Waals surface area contributed by atoms with Crippen molar-refractivity contribution in [3.8, 4) is 34.5 Å². The number of ketones is 1. The molecular weight excluding hydrogens is 448 g/mol. The number of carbonyl (C=O) groups excluding carboxylic acids is 1. The maximum Gasteiger partial charge on any atom is 0.205 e. The fourth-order valence-electron chi connectivity index (χ4n) is 2.98. The summed E-state index contributed by atoms with van der Waals surface area (Å²) >= 11 is -1.51. The molecule has 0 fully saturated rings. The van der Waals surface area contributed by atoms with Crippen molar-refractivity contribution in [1.82, 2.24) is 0 Å². The highest BCUT2D eigenvalue weighted by Crippen LogP contribution is 2.39. The molecule has 0 amide bonds. The molecule has 0 bridgehead atoms. The molecule has 0 aliphatic rings. The van der Waals surface area contributed by atoms with Crippen molar-refractivity contribution in [3.05, 3.63) is 46.9 Å². The van der Waals surface area contributed by atoms with Gasteiger partial charge in [0, 0.05) is 0 Å². The molecule has 0 aromatic heterocycles. The highest BCUT2D eigenvalue weighted by atomic mass is 32.2. The largest absolute Gasteiger partial charge is 0.612 e. The van der Waals surface area contributed by atoms with Crippen LogP contribution >= 0.6 is 0 Å². The number of rotatable bonds is 12. The summed E-state index contributed by atoms with van der Waals surface area (Å²) in [5.74, 6) is 2.37. The van der Waals surface area contributed by atoms with Crippen LogP contribution in [0.2, 0.25) is 0 Å². The molecule has 33 heavy (non-hydrogen) atoms. The maximum absolute atomic E-state index is 12.4. The fourth-order valence-corrected chi connectivity index (χ4v) is 3.76. The van der Waals surface area contributed by atoms with Crippen molar-refractivity contribution in [1.29, 1.82) is 0 Å². The number of allylic oxidation sites excluding steroid dienone is 1. The number of ether oxygens (including phenoxy) is 6. The fraction of sp³-hybridized carbons (Fsp3) is 0.292. The topological polar surface area (TPSA) is 95.5 Å². The molecule has 0 aliphatic carbocycles. The van der Waals surface area contributed by atoms with Crippen molar-refractivity contribution < 1.29 is 37.8 Å². The quantitative estimate of drug-likeness (QED) is 0.338. The van der Waals surface area contributed by atoms with Gasteiger partial charge in [0.05, 0.1) is 42.7 Å². The van der Waals surface area contributed by atoms with Crippen LogP contribution < -0.4 is 28.4 Å². The molecule has 2 aromatic carbocycles. The first kappa shape index (κ1) is 26.0. The van der Waals surface area contributed by atoms with E-state index in [1.54, 1.807) is 36.4 Å². The average molecular weight is 477 g/mol. The van der Waals surface area contributed by atoms with Gasteiger partial charge in [-0.3, -0.25) is 4.79 Å². The van der Waals surface area contributed by atoms with Crippen LogP contribution in [0.4, 0.5) is 0 Å². The Morgan fingerprint density at radius 2 is 1.12 bits per heavy atom. The van der Waals surface area contributed by atoms with Gasteiger partial charge in [0.25, 0.3) is 0 Å². The van der Waals surface area contributed by atoms with Crippen LogP contribution in [0.15, 0.2) is 35.7 Å². The van der Waals surface area contributed by atoms with Crippen molar-refractivity contribution in [3.63, 3.8) is 0 Å². The van der Waals surface area contributed by atoms with E-state index >= 15 is 0 Å². The van der Waals surface area contributed by atoms with Crippen LogP contribution in [0.25, 0.3) is 12.2 Å². The molecule has 0 aliphatic heterocycles. The third-order valence-corrected chi connectivity index (χ3v) is 5.54. The number of benzene rings is 2. The Kier molecular flexibility index (Phi) is 9.96. The summed E-state index contributed by atoms with van der Waals surface area (Å²) in [5, 5.41) is 1.45. The van der Waals surface area contributed by atoms with Gasteiger partial charge in [0.15, 0.2) is 28.8 Å². The normalized spacial score (nSPS) is 12.0. The van der Waals surface area contributed by atoms with Crippen molar-refractivity contribution in [2.75, 3.05) is 48.4 Å². The van der Waals surface area contributed by atoms with Crippen molar-refractivity contribution in [2.45, 2.75) is 0 Å². The molecule has 1 atom stereocenters. The maximum atomic E-state index is 12.4. The summed E-state index contributed by atoms with van der Waals surface area (Å²) in [6, 6.07) is 6.88. The lowest BCUT2D eigenvalue weighted by Crippen LogP contribution is -2.11. The molecule has 9 heteroatoms. The Bertz CT molecular complexity index is 966. The zero-order chi connectivity index (χ0) is 24.4. The Morgan fingerprint density at radius 3 is 1.48 bits per heavy atom. The summed E-state index contributed by atoms with van der Waals surface area (Å²) in [7, 11) is 9.09. The van der Waals surface area contributed by atoms with Crippen molar-refractivity contribution >= 4 is 29.1 Å². The van der Waals surface area contributed by atoms with Crippen LogP contribution in [0, 0.1) is 0 Å². The zero-order valence-corrected chi connectivity index (χ0v) is 20.3. The Hall–Kier alpha value is -3.30. The minimum absolute atomic E-state index is 0.165. The molecule has 0 radical (unpaired) electrons. The summed E-state index contributed by atoms with van der Waals surface area (Å²) in [6.07, 6.45) is 4.61. The first-order valence-corrected chi connectivity index (χ1v) is 11.1. The lowest BCUT2D eigenvalue weighted by atomic mass is 10.1. The van der Waals surface area contributed by atoms with E-state index < -0.39 is 11.2 Å². The molecule has 1 unspecified atom stereocenters. The summed E-state index contributed by atoms with van der Waals surface area (Å²) in [4.78, 5) is 12.3. The van der Waals surface area contributed by atoms with Gasteiger partial charge in [-0.05, 0) is 58.7 Å². The highest BCUT2D eigenvalue weighted by Gasteiger charge is 2.14. The van der Waals surface area contributed by atoms with Crippen LogP contribution in [-0.4, -0.2) is 58.7 Å². The van der Waals surface area contributed by atoms with E-state index in [1.165, 1.54) is 54.1 Å². The number of methoxy groups -OCH3 is 6. The molecule has 0 N–H and O–H groups in total. The molecule has 0 heterocycles. The van der Waals surface area contributed by atoms with Crippen LogP contribution in [0.3, 0.4) is 0 Å². The minimum Gasteiger partial charge on any atom is -0.612 e. The van der Waals surface area contributed by atoms with E-state index in [2.05, 4.69) is 0 Å². The highest BCUT2D eigenvalue weighted by molar-refractivity contribution is 7.95. The lowest BCUT2D eigenvalue weighted by Gasteiger charge is -2.13. The second kappa shape index (κ2) is 12.7. The van der Waals surface area contributed by atoms with Gasteiger partial charge >= 0.3 is 0 Å². The standard InChI is InChI=1S/C24H28O8S/c1-27-19-11-16(12-20(28-2)23(19)31-5)7-8-18(25)15-33(26)10-9-17-13-21(29-3)24(32-6)22(14-17)30-4/h7-14H,15H2,1-6H3/b8-7+,10-9?. The third kappa shape index (κ3) is 6.84. The first-order chi connectivity index (χ1) is 15.9. The van der Waals surface area contributed by atoms with E-state index in [9.17, 15) is 9.35 Å². The zero-order valence-electron chi connectivity index (χ0n) is 19.5. The van der Waals surface area contributed by atoms with Gasteiger partial charge in [-0.15, -0.1) is 0 Å². The second-order valence-corrected chi connectivity index (χ2v) is 7.87. The van der Waals surface area contributed by atoms with Gasteiger partial charge in [-0.1, -0.05) is 6.08 Å². The van der Waals surface area contributed by atoms with Gasteiger partial charge in [0.2, 0.25) is 17.3 Å².